The monoisotopic (exact) mass is 251 g/mol. The number of Topliss-reactive ketones (excluding diaryl/α,β-unsaturated/α-hetero) is 1. The Hall–Kier alpha value is -0.670. The lowest BCUT2D eigenvalue weighted by Crippen LogP contribution is -2.26. The molecule has 3 heteroatoms. The summed E-state index contributed by atoms with van der Waals surface area (Å²) in [6, 6.07) is 1.93. The molecule has 0 aromatic carbocycles. The first kappa shape index (κ1) is 12.8. The van der Waals surface area contributed by atoms with Gasteiger partial charge < -0.3 is 4.90 Å². The molecule has 17 heavy (non-hydrogen) atoms. The molecule has 1 aromatic heterocycles. The van der Waals surface area contributed by atoms with Gasteiger partial charge in [0.05, 0.1) is 0 Å². The van der Waals surface area contributed by atoms with Crippen LogP contribution in [0.15, 0.2) is 16.8 Å². The highest BCUT2D eigenvalue weighted by molar-refractivity contribution is 7.08. The Morgan fingerprint density at radius 2 is 2.00 bits per heavy atom. The van der Waals surface area contributed by atoms with Crippen molar-refractivity contribution in [3.63, 3.8) is 0 Å². The number of rotatable bonds is 5. The molecule has 0 atom stereocenters. The molecule has 0 radical (unpaired) electrons. The molecule has 94 valence electrons. The van der Waals surface area contributed by atoms with Crippen LogP contribution in [0.1, 0.15) is 48.9 Å². The number of hydrogen-bond acceptors (Lipinski definition) is 3. The van der Waals surface area contributed by atoms with Gasteiger partial charge in [0.15, 0.2) is 5.78 Å². The Bertz CT molecular complexity index is 326. The quantitative estimate of drug-likeness (QED) is 0.745. The van der Waals surface area contributed by atoms with Gasteiger partial charge in [-0.25, -0.2) is 0 Å². The highest BCUT2D eigenvalue weighted by Crippen LogP contribution is 2.12. The molecule has 1 aliphatic rings. The van der Waals surface area contributed by atoms with Crippen molar-refractivity contribution in [2.24, 2.45) is 0 Å². The second-order valence-corrected chi connectivity index (χ2v) is 5.57. The van der Waals surface area contributed by atoms with E-state index in [0.717, 1.165) is 18.5 Å². The van der Waals surface area contributed by atoms with Crippen LogP contribution in [-0.2, 0) is 0 Å². The summed E-state index contributed by atoms with van der Waals surface area (Å²) in [4.78, 5) is 14.3. The van der Waals surface area contributed by atoms with E-state index >= 15 is 0 Å². The summed E-state index contributed by atoms with van der Waals surface area (Å²) in [5, 5.41) is 3.93. The lowest BCUT2D eigenvalue weighted by atomic mass is 10.1. The summed E-state index contributed by atoms with van der Waals surface area (Å²) >= 11 is 1.60. The summed E-state index contributed by atoms with van der Waals surface area (Å²) in [5.74, 6) is 0.307. The van der Waals surface area contributed by atoms with E-state index in [-0.39, 0.29) is 0 Å². The van der Waals surface area contributed by atoms with E-state index in [1.165, 1.54) is 38.8 Å². The van der Waals surface area contributed by atoms with Gasteiger partial charge in [0.25, 0.3) is 0 Å². The number of likely N-dealkylation sites (tertiary alicyclic amines) is 1. The second-order valence-electron chi connectivity index (χ2n) is 4.79. The number of carbonyl (C=O) groups excluding carboxylic acids is 1. The van der Waals surface area contributed by atoms with Gasteiger partial charge in [0, 0.05) is 17.4 Å². The molecule has 0 amide bonds. The first-order chi connectivity index (χ1) is 8.36. The summed E-state index contributed by atoms with van der Waals surface area (Å²) in [7, 11) is 0. The fraction of sp³-hybridized carbons (Fsp3) is 0.643. The van der Waals surface area contributed by atoms with Crippen LogP contribution in [0.5, 0.6) is 0 Å². The van der Waals surface area contributed by atoms with Gasteiger partial charge in [-0.3, -0.25) is 4.79 Å². The van der Waals surface area contributed by atoms with Gasteiger partial charge in [-0.15, -0.1) is 0 Å². The molecule has 0 saturated carbocycles. The van der Waals surface area contributed by atoms with Crippen LogP contribution < -0.4 is 0 Å². The number of hydrogen-bond donors (Lipinski definition) is 0. The Balaban J connectivity index is 1.66. The normalized spacial score (nSPS) is 17.9. The summed E-state index contributed by atoms with van der Waals surface area (Å²) in [6.07, 6.45) is 7.13. The Morgan fingerprint density at radius 3 is 2.65 bits per heavy atom. The minimum absolute atomic E-state index is 0.307. The zero-order chi connectivity index (χ0) is 11.9. The predicted octanol–water partition coefficient (Wildman–Crippen LogP) is 3.59. The predicted molar refractivity (Wildman–Crippen MR) is 72.8 cm³/mol. The number of ketones is 1. The van der Waals surface area contributed by atoms with E-state index in [0.29, 0.717) is 12.2 Å². The van der Waals surface area contributed by atoms with E-state index in [9.17, 15) is 4.79 Å². The lowest BCUT2D eigenvalue weighted by molar-refractivity contribution is 0.0975. The minimum atomic E-state index is 0.307. The molecule has 2 heterocycles. The molecule has 1 aromatic rings. The molecule has 0 spiro atoms. The third-order valence-electron chi connectivity index (χ3n) is 3.42. The van der Waals surface area contributed by atoms with E-state index in [1.54, 1.807) is 11.3 Å². The van der Waals surface area contributed by atoms with Crippen molar-refractivity contribution < 1.29 is 4.79 Å². The van der Waals surface area contributed by atoms with Crippen LogP contribution in [0.4, 0.5) is 0 Å². The minimum Gasteiger partial charge on any atom is -0.303 e. The first-order valence-electron chi connectivity index (χ1n) is 6.64. The van der Waals surface area contributed by atoms with Crippen LogP contribution >= 0.6 is 11.3 Å². The SMILES string of the molecule is O=C(CCCN1CCCCCC1)c1ccsc1. The van der Waals surface area contributed by atoms with Gasteiger partial charge in [-0.2, -0.15) is 11.3 Å². The van der Waals surface area contributed by atoms with Crippen LogP contribution in [0, 0.1) is 0 Å². The molecule has 1 fully saturated rings. The maximum atomic E-state index is 11.8. The third-order valence-corrected chi connectivity index (χ3v) is 4.10. The van der Waals surface area contributed by atoms with Crippen molar-refractivity contribution in [1.29, 1.82) is 0 Å². The van der Waals surface area contributed by atoms with Crippen molar-refractivity contribution in [2.45, 2.75) is 38.5 Å². The molecular formula is C14H21NOS. The average molecular weight is 251 g/mol. The summed E-state index contributed by atoms with van der Waals surface area (Å²) < 4.78 is 0. The summed E-state index contributed by atoms with van der Waals surface area (Å²) in [6.45, 7) is 3.55. The molecule has 0 bridgehead atoms. The standard InChI is InChI=1S/C14H21NOS/c16-14(13-7-11-17-12-13)6-5-10-15-8-3-1-2-4-9-15/h7,11-12H,1-6,8-10H2. The lowest BCUT2D eigenvalue weighted by Gasteiger charge is -2.19. The van der Waals surface area contributed by atoms with E-state index in [1.807, 2.05) is 16.8 Å². The molecular weight excluding hydrogens is 230 g/mol. The average Bonchev–Trinajstić information content (AvgIpc) is 2.75. The molecule has 0 aliphatic carbocycles. The zero-order valence-electron chi connectivity index (χ0n) is 10.4. The molecule has 2 nitrogen and oxygen atoms in total. The smallest absolute Gasteiger partial charge is 0.163 e. The Kier molecular flexibility index (Phi) is 5.20. The second kappa shape index (κ2) is 6.92. The van der Waals surface area contributed by atoms with E-state index in [4.69, 9.17) is 0 Å². The van der Waals surface area contributed by atoms with Crippen molar-refractivity contribution in [3.8, 4) is 0 Å². The molecule has 0 N–H and O–H groups in total. The number of carbonyl (C=O) groups is 1. The van der Waals surface area contributed by atoms with Crippen LogP contribution in [-0.4, -0.2) is 30.3 Å². The van der Waals surface area contributed by atoms with E-state index in [2.05, 4.69) is 4.90 Å². The fourth-order valence-electron chi connectivity index (χ4n) is 2.39. The first-order valence-corrected chi connectivity index (χ1v) is 7.58. The van der Waals surface area contributed by atoms with Gasteiger partial charge in [-0.1, -0.05) is 12.8 Å². The fourth-order valence-corrected chi connectivity index (χ4v) is 3.05. The van der Waals surface area contributed by atoms with E-state index < -0.39 is 0 Å². The zero-order valence-corrected chi connectivity index (χ0v) is 11.2. The highest BCUT2D eigenvalue weighted by Gasteiger charge is 2.10. The van der Waals surface area contributed by atoms with Gasteiger partial charge in [0.1, 0.15) is 0 Å². The van der Waals surface area contributed by atoms with Gasteiger partial charge in [-0.05, 0) is 50.3 Å². The van der Waals surface area contributed by atoms with Crippen LogP contribution in [0.3, 0.4) is 0 Å². The topological polar surface area (TPSA) is 20.3 Å². The third kappa shape index (κ3) is 4.25. The highest BCUT2D eigenvalue weighted by atomic mass is 32.1. The molecule has 1 saturated heterocycles. The molecule has 2 rings (SSSR count). The van der Waals surface area contributed by atoms with Gasteiger partial charge in [0.2, 0.25) is 0 Å². The molecule has 1 aliphatic heterocycles. The van der Waals surface area contributed by atoms with Crippen LogP contribution in [0.2, 0.25) is 0 Å². The largest absolute Gasteiger partial charge is 0.303 e. The number of nitrogens with zero attached hydrogens (tertiary/aromatic N) is 1. The Labute approximate surface area is 108 Å². The van der Waals surface area contributed by atoms with Crippen LogP contribution in [0.25, 0.3) is 0 Å². The van der Waals surface area contributed by atoms with Crippen molar-refractivity contribution in [1.82, 2.24) is 4.90 Å². The summed E-state index contributed by atoms with van der Waals surface area (Å²) in [5.41, 5.74) is 0.894. The number of thiophene rings is 1. The Morgan fingerprint density at radius 1 is 1.24 bits per heavy atom. The van der Waals surface area contributed by atoms with Gasteiger partial charge >= 0.3 is 0 Å². The maximum absolute atomic E-state index is 11.8. The van der Waals surface area contributed by atoms with Crippen molar-refractivity contribution in [3.05, 3.63) is 22.4 Å². The maximum Gasteiger partial charge on any atom is 0.163 e. The van der Waals surface area contributed by atoms with Crippen molar-refractivity contribution in [2.75, 3.05) is 19.6 Å². The van der Waals surface area contributed by atoms with Crippen molar-refractivity contribution >= 4 is 17.1 Å². The molecule has 0 unspecified atom stereocenters.